The van der Waals surface area contributed by atoms with Crippen molar-refractivity contribution in [1.82, 2.24) is 9.78 Å². The predicted octanol–water partition coefficient (Wildman–Crippen LogP) is 5.78. The lowest BCUT2D eigenvalue weighted by molar-refractivity contribution is 0.0984. The van der Waals surface area contributed by atoms with Crippen molar-refractivity contribution in [2.24, 2.45) is 7.05 Å². The average molecular weight is 414 g/mol. The highest BCUT2D eigenvalue weighted by atomic mass is 35.5. The van der Waals surface area contributed by atoms with Crippen molar-refractivity contribution < 1.29 is 18.0 Å². The topological polar surface area (TPSA) is 38.1 Å². The van der Waals surface area contributed by atoms with Crippen LogP contribution in [0, 0.1) is 5.82 Å². The number of hydrogen-bond donors (Lipinski definition) is 0. The summed E-state index contributed by atoms with van der Waals surface area (Å²) in [7, 11) is 1.43. The standard InChI is InChI=1S/C18H12Cl2F3N3O/c1-25-9-12(16(24-25)17(22)23)18(27)26(11-7-5-10(21)6-8-11)14-4-2-3-13(19)15(14)20/h2-9,17H,1H3. The van der Waals surface area contributed by atoms with Gasteiger partial charge in [-0.2, -0.15) is 5.10 Å². The second-order valence-corrected chi connectivity index (χ2v) is 6.38. The van der Waals surface area contributed by atoms with E-state index in [9.17, 15) is 18.0 Å². The molecule has 0 bridgehead atoms. The Labute approximate surface area is 162 Å². The number of anilines is 2. The molecule has 4 nitrogen and oxygen atoms in total. The van der Waals surface area contributed by atoms with Gasteiger partial charge in [-0.3, -0.25) is 14.4 Å². The Balaban J connectivity index is 2.20. The minimum Gasteiger partial charge on any atom is -0.275 e. The van der Waals surface area contributed by atoms with Gasteiger partial charge in [0.05, 0.1) is 21.3 Å². The number of hydrogen-bond acceptors (Lipinski definition) is 2. The van der Waals surface area contributed by atoms with Crippen molar-refractivity contribution in [3.05, 3.63) is 75.8 Å². The molecule has 27 heavy (non-hydrogen) atoms. The molecule has 0 N–H and O–H groups in total. The van der Waals surface area contributed by atoms with Crippen molar-refractivity contribution >= 4 is 40.5 Å². The fraction of sp³-hybridized carbons (Fsp3) is 0.111. The monoisotopic (exact) mass is 413 g/mol. The molecule has 0 radical (unpaired) electrons. The van der Waals surface area contributed by atoms with Crippen LogP contribution in [0.15, 0.2) is 48.7 Å². The largest absolute Gasteiger partial charge is 0.282 e. The third-order valence-electron chi connectivity index (χ3n) is 3.75. The average Bonchev–Trinajstić information content (AvgIpc) is 3.02. The Morgan fingerprint density at radius 1 is 1.15 bits per heavy atom. The van der Waals surface area contributed by atoms with E-state index in [2.05, 4.69) is 5.10 Å². The number of amides is 1. The van der Waals surface area contributed by atoms with Gasteiger partial charge in [-0.15, -0.1) is 0 Å². The molecule has 0 atom stereocenters. The summed E-state index contributed by atoms with van der Waals surface area (Å²) < 4.78 is 41.1. The molecule has 2 aromatic carbocycles. The second-order valence-electron chi connectivity index (χ2n) is 5.59. The Morgan fingerprint density at radius 3 is 2.44 bits per heavy atom. The van der Waals surface area contributed by atoms with Gasteiger partial charge < -0.3 is 0 Å². The van der Waals surface area contributed by atoms with Crippen LogP contribution in [0.4, 0.5) is 24.5 Å². The lowest BCUT2D eigenvalue weighted by atomic mass is 10.1. The minimum atomic E-state index is -2.95. The molecule has 0 fully saturated rings. The Bertz CT molecular complexity index is 990. The van der Waals surface area contributed by atoms with Crippen molar-refractivity contribution in [2.75, 3.05) is 4.90 Å². The molecule has 3 rings (SSSR count). The van der Waals surface area contributed by atoms with Crippen LogP contribution in [0.2, 0.25) is 10.0 Å². The normalized spacial score (nSPS) is 11.1. The highest BCUT2D eigenvalue weighted by Gasteiger charge is 2.29. The predicted molar refractivity (Wildman–Crippen MR) is 97.5 cm³/mol. The third kappa shape index (κ3) is 3.79. The van der Waals surface area contributed by atoms with Gasteiger partial charge >= 0.3 is 0 Å². The number of carbonyl (C=O) groups is 1. The van der Waals surface area contributed by atoms with E-state index in [4.69, 9.17) is 23.2 Å². The van der Waals surface area contributed by atoms with Crippen molar-refractivity contribution in [3.8, 4) is 0 Å². The van der Waals surface area contributed by atoms with Gasteiger partial charge in [-0.1, -0.05) is 29.3 Å². The second kappa shape index (κ2) is 7.62. The molecule has 0 saturated heterocycles. The van der Waals surface area contributed by atoms with Crippen LogP contribution < -0.4 is 4.90 Å². The first-order chi connectivity index (χ1) is 12.8. The first kappa shape index (κ1) is 19.3. The van der Waals surface area contributed by atoms with Gasteiger partial charge in [0.15, 0.2) is 0 Å². The van der Waals surface area contributed by atoms with E-state index in [1.165, 1.54) is 37.5 Å². The zero-order chi connectivity index (χ0) is 19.7. The molecule has 0 unspecified atom stereocenters. The molecular weight excluding hydrogens is 402 g/mol. The lowest BCUT2D eigenvalue weighted by Gasteiger charge is -2.24. The molecule has 0 aliphatic heterocycles. The Hall–Kier alpha value is -2.51. The molecule has 1 heterocycles. The molecular formula is C18H12Cl2F3N3O. The summed E-state index contributed by atoms with van der Waals surface area (Å²) in [4.78, 5) is 14.3. The number of nitrogens with zero attached hydrogens (tertiary/aromatic N) is 3. The van der Waals surface area contributed by atoms with Gasteiger partial charge in [0.1, 0.15) is 11.5 Å². The fourth-order valence-electron chi connectivity index (χ4n) is 2.57. The summed E-state index contributed by atoms with van der Waals surface area (Å²) in [6, 6.07) is 9.55. The SMILES string of the molecule is Cn1cc(C(=O)N(c2ccc(F)cc2)c2cccc(Cl)c2Cl)c(C(F)F)n1. The first-order valence-electron chi connectivity index (χ1n) is 7.65. The number of carbonyl (C=O) groups excluding carboxylic acids is 1. The molecule has 1 amide bonds. The summed E-state index contributed by atoms with van der Waals surface area (Å²) in [6.45, 7) is 0. The van der Waals surface area contributed by atoms with E-state index >= 15 is 0 Å². The van der Waals surface area contributed by atoms with Crippen LogP contribution in [0.3, 0.4) is 0 Å². The number of rotatable bonds is 4. The van der Waals surface area contributed by atoms with E-state index < -0.39 is 23.8 Å². The highest BCUT2D eigenvalue weighted by Crippen LogP contribution is 2.38. The smallest absolute Gasteiger partial charge is 0.275 e. The van der Waals surface area contributed by atoms with Crippen LogP contribution >= 0.6 is 23.2 Å². The van der Waals surface area contributed by atoms with E-state index in [1.807, 2.05) is 0 Å². The van der Waals surface area contributed by atoms with Crippen LogP contribution in [0.25, 0.3) is 0 Å². The number of aromatic nitrogens is 2. The van der Waals surface area contributed by atoms with Gasteiger partial charge in [-0.25, -0.2) is 13.2 Å². The van der Waals surface area contributed by atoms with Gasteiger partial charge in [0.25, 0.3) is 12.3 Å². The number of alkyl halides is 2. The maximum Gasteiger partial charge on any atom is 0.282 e. The summed E-state index contributed by atoms with van der Waals surface area (Å²) in [6.07, 6.45) is -1.76. The van der Waals surface area contributed by atoms with Crippen molar-refractivity contribution in [3.63, 3.8) is 0 Å². The Morgan fingerprint density at radius 2 is 1.81 bits per heavy atom. The zero-order valence-electron chi connectivity index (χ0n) is 13.8. The van der Waals surface area contributed by atoms with Gasteiger partial charge in [-0.05, 0) is 36.4 Å². The Kier molecular flexibility index (Phi) is 5.43. The summed E-state index contributed by atoms with van der Waals surface area (Å²) in [5, 5.41) is 3.89. The summed E-state index contributed by atoms with van der Waals surface area (Å²) >= 11 is 12.3. The van der Waals surface area contributed by atoms with Crippen LogP contribution in [-0.4, -0.2) is 15.7 Å². The summed E-state index contributed by atoms with van der Waals surface area (Å²) in [5.74, 6) is -1.31. The van der Waals surface area contributed by atoms with E-state index in [0.717, 1.165) is 21.7 Å². The first-order valence-corrected chi connectivity index (χ1v) is 8.41. The summed E-state index contributed by atoms with van der Waals surface area (Å²) in [5.41, 5.74) is -0.555. The molecule has 3 aromatic rings. The number of benzene rings is 2. The minimum absolute atomic E-state index is 0.0549. The van der Waals surface area contributed by atoms with E-state index in [1.54, 1.807) is 6.07 Å². The maximum atomic E-state index is 13.3. The number of halogens is 5. The van der Waals surface area contributed by atoms with Crippen LogP contribution in [0.5, 0.6) is 0 Å². The maximum absolute atomic E-state index is 13.3. The molecule has 0 spiro atoms. The molecule has 9 heteroatoms. The van der Waals surface area contributed by atoms with E-state index in [0.29, 0.717) is 0 Å². The third-order valence-corrected chi connectivity index (χ3v) is 4.56. The molecule has 0 aliphatic rings. The zero-order valence-corrected chi connectivity index (χ0v) is 15.3. The van der Waals surface area contributed by atoms with Crippen molar-refractivity contribution in [2.45, 2.75) is 6.43 Å². The fourth-order valence-corrected chi connectivity index (χ4v) is 2.95. The van der Waals surface area contributed by atoms with E-state index in [-0.39, 0.29) is 27.0 Å². The molecule has 0 aliphatic carbocycles. The van der Waals surface area contributed by atoms with Gasteiger partial charge in [0.2, 0.25) is 0 Å². The quantitative estimate of drug-likeness (QED) is 0.543. The van der Waals surface area contributed by atoms with Crippen molar-refractivity contribution in [1.29, 1.82) is 0 Å². The molecule has 140 valence electrons. The van der Waals surface area contributed by atoms with Crippen LogP contribution in [0.1, 0.15) is 22.5 Å². The molecule has 1 aromatic heterocycles. The lowest BCUT2D eigenvalue weighted by Crippen LogP contribution is -2.27. The van der Waals surface area contributed by atoms with Crippen LogP contribution in [-0.2, 0) is 7.05 Å². The molecule has 0 saturated carbocycles. The van der Waals surface area contributed by atoms with Gasteiger partial charge in [0, 0.05) is 18.9 Å². The number of aryl methyl sites for hydroxylation is 1. The highest BCUT2D eigenvalue weighted by molar-refractivity contribution is 6.44.